The van der Waals surface area contributed by atoms with E-state index >= 15 is 0 Å². The van der Waals surface area contributed by atoms with Crippen LogP contribution in [0.5, 0.6) is 0 Å². The molecule has 3 aliphatic heterocycles. The molecule has 2 bridgehead atoms. The van der Waals surface area contributed by atoms with Gasteiger partial charge in [-0.05, 0) is 57.7 Å². The minimum absolute atomic E-state index is 0.00559. The lowest BCUT2D eigenvalue weighted by Crippen LogP contribution is -2.55. The van der Waals surface area contributed by atoms with Crippen LogP contribution in [0, 0.1) is 11.8 Å². The molecule has 4 rings (SSSR count). The number of nitrogens with zero attached hydrogens (tertiary/aromatic N) is 1. The Morgan fingerprint density at radius 1 is 1.18 bits per heavy atom. The topological polar surface area (TPSA) is 49.8 Å². The molecule has 0 spiro atoms. The van der Waals surface area contributed by atoms with Crippen molar-refractivity contribution in [2.24, 2.45) is 11.8 Å². The standard InChI is InChI=1S/C18H29NO3/c1-2-10-18(21,15-6-4-3-5-7-15)17(20)22-16-13-19-11-8-14(16)9-12-19/h2,10,14-16,21H,3-9,11-13H2,1H3/b10-2+. The Kier molecular flexibility index (Phi) is 4.88. The highest BCUT2D eigenvalue weighted by Crippen LogP contribution is 2.36. The molecule has 1 N–H and O–H groups in total. The molecule has 0 radical (unpaired) electrons. The van der Waals surface area contributed by atoms with Gasteiger partial charge in [0.2, 0.25) is 0 Å². The van der Waals surface area contributed by atoms with Gasteiger partial charge in [-0.1, -0.05) is 25.3 Å². The first kappa shape index (κ1) is 16.0. The molecule has 0 aromatic rings. The summed E-state index contributed by atoms with van der Waals surface area (Å²) in [6.45, 7) is 4.95. The number of hydrogen-bond donors (Lipinski definition) is 1. The zero-order valence-corrected chi connectivity index (χ0v) is 13.7. The van der Waals surface area contributed by atoms with Gasteiger partial charge in [0.25, 0.3) is 0 Å². The zero-order valence-electron chi connectivity index (χ0n) is 13.7. The molecule has 4 aliphatic rings. The van der Waals surface area contributed by atoms with Crippen LogP contribution in [0.1, 0.15) is 51.9 Å². The highest BCUT2D eigenvalue weighted by molar-refractivity contribution is 5.82. The van der Waals surface area contributed by atoms with Crippen molar-refractivity contribution in [1.29, 1.82) is 0 Å². The number of hydrogen-bond acceptors (Lipinski definition) is 4. The second-order valence-electron chi connectivity index (χ2n) is 7.24. The number of carbonyl (C=O) groups is 1. The average Bonchev–Trinajstić information content (AvgIpc) is 2.57. The van der Waals surface area contributed by atoms with E-state index in [4.69, 9.17) is 4.74 Å². The van der Waals surface area contributed by atoms with E-state index in [0.29, 0.717) is 5.92 Å². The molecule has 4 fully saturated rings. The summed E-state index contributed by atoms with van der Waals surface area (Å²) in [6.07, 6.45) is 10.9. The third-order valence-corrected chi connectivity index (χ3v) is 5.83. The van der Waals surface area contributed by atoms with E-state index < -0.39 is 11.6 Å². The molecule has 1 aliphatic carbocycles. The number of aliphatic hydroxyl groups is 1. The Bertz CT molecular complexity index is 422. The van der Waals surface area contributed by atoms with E-state index in [1.54, 1.807) is 12.2 Å². The fourth-order valence-corrected chi connectivity index (χ4v) is 4.44. The van der Waals surface area contributed by atoms with Crippen molar-refractivity contribution in [3.8, 4) is 0 Å². The van der Waals surface area contributed by atoms with Crippen LogP contribution in [0.15, 0.2) is 12.2 Å². The Hall–Kier alpha value is -0.870. The second kappa shape index (κ2) is 6.71. The van der Waals surface area contributed by atoms with E-state index in [-0.39, 0.29) is 12.0 Å². The summed E-state index contributed by atoms with van der Waals surface area (Å²) in [5.74, 6) is 0.0671. The summed E-state index contributed by atoms with van der Waals surface area (Å²) in [7, 11) is 0. The lowest BCUT2D eigenvalue weighted by molar-refractivity contribution is -0.181. The highest BCUT2D eigenvalue weighted by atomic mass is 16.6. The molecule has 2 atom stereocenters. The second-order valence-corrected chi connectivity index (χ2v) is 7.24. The maximum Gasteiger partial charge on any atom is 0.342 e. The van der Waals surface area contributed by atoms with Crippen molar-refractivity contribution < 1.29 is 14.6 Å². The molecule has 22 heavy (non-hydrogen) atoms. The summed E-state index contributed by atoms with van der Waals surface area (Å²) in [4.78, 5) is 15.1. The Labute approximate surface area is 133 Å². The number of piperidine rings is 3. The molecule has 4 heteroatoms. The predicted octanol–water partition coefficient (Wildman–Crippen LogP) is 2.51. The van der Waals surface area contributed by atoms with Gasteiger partial charge in [-0.2, -0.15) is 0 Å². The van der Waals surface area contributed by atoms with Crippen LogP contribution < -0.4 is 0 Å². The number of esters is 1. The monoisotopic (exact) mass is 307 g/mol. The molecule has 1 saturated carbocycles. The van der Waals surface area contributed by atoms with E-state index in [1.807, 2.05) is 6.92 Å². The Balaban J connectivity index is 1.69. The first-order chi connectivity index (χ1) is 10.6. The molecule has 3 saturated heterocycles. The largest absolute Gasteiger partial charge is 0.458 e. The number of allylic oxidation sites excluding steroid dienone is 1. The Morgan fingerprint density at radius 3 is 2.41 bits per heavy atom. The summed E-state index contributed by atoms with van der Waals surface area (Å²) >= 11 is 0. The van der Waals surface area contributed by atoms with Crippen LogP contribution in [0.4, 0.5) is 0 Å². The number of carbonyl (C=O) groups excluding carboxylic acids is 1. The molecule has 4 nitrogen and oxygen atoms in total. The van der Waals surface area contributed by atoms with E-state index in [9.17, 15) is 9.90 Å². The predicted molar refractivity (Wildman–Crippen MR) is 85.4 cm³/mol. The SMILES string of the molecule is C/C=C/C(O)(C(=O)OC1CN2CCC1CC2)C1CCCCC1. The van der Waals surface area contributed by atoms with Gasteiger partial charge in [-0.3, -0.25) is 4.90 Å². The summed E-state index contributed by atoms with van der Waals surface area (Å²) in [5, 5.41) is 11.0. The first-order valence-corrected chi connectivity index (χ1v) is 8.93. The van der Waals surface area contributed by atoms with Gasteiger partial charge in [-0.15, -0.1) is 0 Å². The third-order valence-electron chi connectivity index (χ3n) is 5.83. The van der Waals surface area contributed by atoms with E-state index in [2.05, 4.69) is 4.90 Å². The van der Waals surface area contributed by atoms with Crippen molar-refractivity contribution >= 4 is 5.97 Å². The van der Waals surface area contributed by atoms with Crippen molar-refractivity contribution in [3.63, 3.8) is 0 Å². The van der Waals surface area contributed by atoms with Crippen LogP contribution in [0.2, 0.25) is 0 Å². The van der Waals surface area contributed by atoms with Gasteiger partial charge < -0.3 is 9.84 Å². The maximum absolute atomic E-state index is 12.8. The van der Waals surface area contributed by atoms with Gasteiger partial charge in [0.15, 0.2) is 5.60 Å². The van der Waals surface area contributed by atoms with Gasteiger partial charge in [0.05, 0.1) is 0 Å². The fraction of sp³-hybridized carbons (Fsp3) is 0.833. The Morgan fingerprint density at radius 2 is 1.86 bits per heavy atom. The molecule has 3 heterocycles. The number of ether oxygens (including phenoxy) is 1. The summed E-state index contributed by atoms with van der Waals surface area (Å²) in [6, 6.07) is 0. The van der Waals surface area contributed by atoms with Crippen LogP contribution in [-0.4, -0.2) is 47.3 Å². The van der Waals surface area contributed by atoms with E-state index in [0.717, 1.165) is 58.2 Å². The molecule has 2 unspecified atom stereocenters. The van der Waals surface area contributed by atoms with E-state index in [1.165, 1.54) is 6.42 Å². The summed E-state index contributed by atoms with van der Waals surface area (Å²) < 4.78 is 5.81. The van der Waals surface area contributed by atoms with Crippen molar-refractivity contribution in [2.75, 3.05) is 19.6 Å². The molecule has 0 aromatic heterocycles. The van der Waals surface area contributed by atoms with Gasteiger partial charge in [-0.25, -0.2) is 4.79 Å². The van der Waals surface area contributed by atoms with Crippen molar-refractivity contribution in [3.05, 3.63) is 12.2 Å². The number of fused-ring (bicyclic) bond motifs is 3. The first-order valence-electron chi connectivity index (χ1n) is 8.93. The molecular formula is C18H29NO3. The molecular weight excluding hydrogens is 278 g/mol. The van der Waals surface area contributed by atoms with Crippen molar-refractivity contribution in [2.45, 2.75) is 63.6 Å². The van der Waals surface area contributed by atoms with Gasteiger partial charge >= 0.3 is 5.97 Å². The highest BCUT2D eigenvalue weighted by Gasteiger charge is 2.46. The minimum Gasteiger partial charge on any atom is -0.458 e. The van der Waals surface area contributed by atoms with Crippen molar-refractivity contribution in [1.82, 2.24) is 4.90 Å². The third kappa shape index (κ3) is 3.09. The van der Waals surface area contributed by atoms with Crippen LogP contribution >= 0.6 is 0 Å². The molecule has 0 aromatic carbocycles. The normalized spacial score (nSPS) is 35.5. The van der Waals surface area contributed by atoms with Crippen LogP contribution in [0.3, 0.4) is 0 Å². The zero-order chi connectivity index (χ0) is 15.6. The lowest BCUT2D eigenvalue weighted by Gasteiger charge is -2.45. The van der Waals surface area contributed by atoms with Gasteiger partial charge in [0.1, 0.15) is 6.10 Å². The summed E-state index contributed by atoms with van der Waals surface area (Å²) in [5.41, 5.74) is -1.43. The smallest absolute Gasteiger partial charge is 0.342 e. The number of rotatable bonds is 4. The van der Waals surface area contributed by atoms with Crippen LogP contribution in [-0.2, 0) is 9.53 Å². The maximum atomic E-state index is 12.8. The fourth-order valence-electron chi connectivity index (χ4n) is 4.44. The average molecular weight is 307 g/mol. The molecule has 124 valence electrons. The van der Waals surface area contributed by atoms with Gasteiger partial charge in [0, 0.05) is 12.5 Å². The van der Waals surface area contributed by atoms with Crippen LogP contribution in [0.25, 0.3) is 0 Å². The quantitative estimate of drug-likeness (QED) is 0.640. The minimum atomic E-state index is -1.43. The lowest BCUT2D eigenvalue weighted by atomic mass is 9.76. The molecule has 0 amide bonds.